The zero-order valence-corrected chi connectivity index (χ0v) is 12.4. The van der Waals surface area contributed by atoms with Crippen LogP contribution in [0, 0.1) is 0 Å². The summed E-state index contributed by atoms with van der Waals surface area (Å²) in [5, 5.41) is 0. The number of nitrogens with zero attached hydrogens (tertiary/aromatic N) is 1. The Morgan fingerprint density at radius 1 is 1.10 bits per heavy atom. The Balaban J connectivity index is 1.65. The van der Waals surface area contributed by atoms with Crippen LogP contribution < -0.4 is 0 Å². The van der Waals surface area contributed by atoms with E-state index < -0.39 is 0 Å². The number of carbonyl (C=O) groups is 1. The van der Waals surface area contributed by atoms with Crippen LogP contribution in [0.5, 0.6) is 0 Å². The molecule has 112 valence electrons. The van der Waals surface area contributed by atoms with Gasteiger partial charge in [0.1, 0.15) is 6.61 Å². The van der Waals surface area contributed by atoms with Crippen molar-refractivity contribution in [2.75, 3.05) is 0 Å². The minimum absolute atomic E-state index is 0.135. The SMILES string of the molecule is O=C(OCc1ccccc1)N1[C@@H]2CC/C=C\C[C@H]1CCC2. The summed E-state index contributed by atoms with van der Waals surface area (Å²) in [5.41, 5.74) is 1.04. The van der Waals surface area contributed by atoms with Crippen LogP contribution in [0.3, 0.4) is 0 Å². The van der Waals surface area contributed by atoms with Crippen molar-refractivity contribution in [2.45, 2.75) is 57.2 Å². The van der Waals surface area contributed by atoms with Gasteiger partial charge in [0, 0.05) is 12.1 Å². The van der Waals surface area contributed by atoms with Gasteiger partial charge in [0.05, 0.1) is 0 Å². The summed E-state index contributed by atoms with van der Waals surface area (Å²) < 4.78 is 5.56. The smallest absolute Gasteiger partial charge is 0.410 e. The Kier molecular flexibility index (Phi) is 4.59. The average molecular weight is 285 g/mol. The minimum Gasteiger partial charge on any atom is -0.445 e. The third-order valence-corrected chi connectivity index (χ3v) is 4.52. The molecule has 2 aliphatic rings. The lowest BCUT2D eigenvalue weighted by Crippen LogP contribution is -2.50. The summed E-state index contributed by atoms with van der Waals surface area (Å²) in [7, 11) is 0. The molecule has 0 N–H and O–H groups in total. The second-order valence-electron chi connectivity index (χ2n) is 5.97. The number of carbonyl (C=O) groups excluding carboxylic acids is 1. The van der Waals surface area contributed by atoms with Crippen LogP contribution in [0.4, 0.5) is 4.79 Å². The Bertz CT molecular complexity index is 497. The summed E-state index contributed by atoms with van der Waals surface area (Å²) in [6.07, 6.45) is 10.9. The molecule has 0 radical (unpaired) electrons. The van der Waals surface area contributed by atoms with Gasteiger partial charge in [-0.25, -0.2) is 4.79 Å². The number of allylic oxidation sites excluding steroid dienone is 1. The monoisotopic (exact) mass is 285 g/mol. The van der Waals surface area contributed by atoms with Crippen molar-refractivity contribution in [3.8, 4) is 0 Å². The molecule has 2 aliphatic heterocycles. The van der Waals surface area contributed by atoms with Crippen molar-refractivity contribution < 1.29 is 9.53 Å². The lowest BCUT2D eigenvalue weighted by molar-refractivity contribution is 0.0391. The van der Waals surface area contributed by atoms with Crippen LogP contribution in [0.15, 0.2) is 42.5 Å². The van der Waals surface area contributed by atoms with Gasteiger partial charge >= 0.3 is 6.09 Å². The molecule has 0 spiro atoms. The van der Waals surface area contributed by atoms with E-state index in [9.17, 15) is 4.79 Å². The Morgan fingerprint density at radius 3 is 2.76 bits per heavy atom. The lowest BCUT2D eigenvalue weighted by Gasteiger charge is -2.42. The molecule has 21 heavy (non-hydrogen) atoms. The van der Waals surface area contributed by atoms with Crippen molar-refractivity contribution >= 4 is 6.09 Å². The van der Waals surface area contributed by atoms with Gasteiger partial charge in [-0.1, -0.05) is 42.5 Å². The van der Waals surface area contributed by atoms with Gasteiger partial charge in [-0.15, -0.1) is 0 Å². The molecule has 3 nitrogen and oxygen atoms in total. The molecule has 1 fully saturated rings. The third-order valence-electron chi connectivity index (χ3n) is 4.52. The maximum Gasteiger partial charge on any atom is 0.410 e. The number of piperidine rings is 1. The van der Waals surface area contributed by atoms with E-state index in [4.69, 9.17) is 4.74 Å². The van der Waals surface area contributed by atoms with Crippen molar-refractivity contribution in [3.05, 3.63) is 48.0 Å². The van der Waals surface area contributed by atoms with Crippen LogP contribution in [-0.2, 0) is 11.3 Å². The summed E-state index contributed by atoms with van der Waals surface area (Å²) in [6.45, 7) is 0.367. The normalized spacial score (nSPS) is 26.6. The van der Waals surface area contributed by atoms with Crippen LogP contribution in [0.25, 0.3) is 0 Å². The van der Waals surface area contributed by atoms with Gasteiger partial charge in [-0.05, 0) is 44.1 Å². The van der Waals surface area contributed by atoms with E-state index >= 15 is 0 Å². The zero-order chi connectivity index (χ0) is 14.5. The number of benzene rings is 1. The second kappa shape index (κ2) is 6.79. The Hall–Kier alpha value is -1.77. The Morgan fingerprint density at radius 2 is 1.90 bits per heavy atom. The molecule has 0 aliphatic carbocycles. The van der Waals surface area contributed by atoms with Crippen LogP contribution in [0.2, 0.25) is 0 Å². The summed E-state index contributed by atoms with van der Waals surface area (Å²) in [5.74, 6) is 0. The molecule has 2 atom stereocenters. The number of rotatable bonds is 2. The van der Waals surface area contributed by atoms with Crippen molar-refractivity contribution in [1.29, 1.82) is 0 Å². The van der Waals surface area contributed by atoms with E-state index in [0.29, 0.717) is 18.7 Å². The largest absolute Gasteiger partial charge is 0.445 e. The van der Waals surface area contributed by atoms with Crippen LogP contribution in [0.1, 0.15) is 44.1 Å². The topological polar surface area (TPSA) is 29.5 Å². The fourth-order valence-corrected chi connectivity index (χ4v) is 3.43. The number of ether oxygens (including phenoxy) is 1. The fraction of sp³-hybridized carbons (Fsp3) is 0.500. The Labute approximate surface area is 126 Å². The lowest BCUT2D eigenvalue weighted by atomic mass is 9.89. The molecule has 0 saturated carbocycles. The summed E-state index contributed by atoms with van der Waals surface area (Å²) in [6, 6.07) is 10.6. The number of hydrogen-bond acceptors (Lipinski definition) is 2. The van der Waals surface area contributed by atoms with Gasteiger partial charge in [0.2, 0.25) is 0 Å². The maximum absolute atomic E-state index is 12.5. The summed E-state index contributed by atoms with van der Waals surface area (Å²) in [4.78, 5) is 14.6. The first-order valence-electron chi connectivity index (χ1n) is 7.98. The highest BCUT2D eigenvalue weighted by Gasteiger charge is 2.34. The van der Waals surface area contributed by atoms with Crippen LogP contribution >= 0.6 is 0 Å². The highest BCUT2D eigenvalue weighted by atomic mass is 16.6. The zero-order valence-electron chi connectivity index (χ0n) is 12.4. The van der Waals surface area contributed by atoms with Gasteiger partial charge in [-0.3, -0.25) is 0 Å². The molecule has 0 unspecified atom stereocenters. The molecule has 2 bridgehead atoms. The minimum atomic E-state index is -0.135. The molecule has 2 heterocycles. The highest BCUT2D eigenvalue weighted by Crippen LogP contribution is 2.30. The van der Waals surface area contributed by atoms with E-state index in [1.165, 1.54) is 6.42 Å². The first kappa shape index (κ1) is 14.2. The standard InChI is InChI=1S/C18H23NO2/c20-18(21-14-15-8-3-1-4-9-15)19-16-10-5-2-6-11-17(19)13-7-12-16/h1-5,8-9,16-17H,6-7,10-14H2/b5-2-/t16-,17+/m0/s1. The van der Waals surface area contributed by atoms with Gasteiger partial charge in [-0.2, -0.15) is 0 Å². The van der Waals surface area contributed by atoms with Crippen molar-refractivity contribution in [2.24, 2.45) is 0 Å². The number of amides is 1. The van der Waals surface area contributed by atoms with E-state index in [0.717, 1.165) is 37.7 Å². The van der Waals surface area contributed by atoms with E-state index in [2.05, 4.69) is 12.2 Å². The molecular formula is C18H23NO2. The average Bonchev–Trinajstić information content (AvgIpc) is 2.52. The molecule has 3 heteroatoms. The van der Waals surface area contributed by atoms with Crippen molar-refractivity contribution in [3.63, 3.8) is 0 Å². The maximum atomic E-state index is 12.5. The first-order valence-corrected chi connectivity index (χ1v) is 7.98. The molecule has 1 amide bonds. The number of hydrogen-bond donors (Lipinski definition) is 0. The third kappa shape index (κ3) is 3.46. The van der Waals surface area contributed by atoms with E-state index in [1.54, 1.807) is 0 Å². The highest BCUT2D eigenvalue weighted by molar-refractivity contribution is 5.68. The molecule has 1 aromatic rings. The molecule has 1 saturated heterocycles. The molecule has 3 rings (SSSR count). The van der Waals surface area contributed by atoms with Crippen LogP contribution in [-0.4, -0.2) is 23.1 Å². The van der Waals surface area contributed by atoms with Gasteiger partial charge in [0.15, 0.2) is 0 Å². The fourth-order valence-electron chi connectivity index (χ4n) is 3.43. The first-order chi connectivity index (χ1) is 10.3. The molecule has 0 aromatic heterocycles. The number of fused-ring (bicyclic) bond motifs is 2. The van der Waals surface area contributed by atoms with Gasteiger partial charge in [0.25, 0.3) is 0 Å². The quantitative estimate of drug-likeness (QED) is 0.759. The predicted octanol–water partition coefficient (Wildman–Crippen LogP) is 4.29. The second-order valence-corrected chi connectivity index (χ2v) is 5.97. The summed E-state index contributed by atoms with van der Waals surface area (Å²) >= 11 is 0. The van der Waals surface area contributed by atoms with Crippen molar-refractivity contribution in [1.82, 2.24) is 4.90 Å². The van der Waals surface area contributed by atoms with Gasteiger partial charge < -0.3 is 9.64 Å². The van der Waals surface area contributed by atoms with E-state index in [1.807, 2.05) is 35.2 Å². The van der Waals surface area contributed by atoms with E-state index in [-0.39, 0.29) is 6.09 Å². The molecule has 1 aromatic carbocycles. The molecular weight excluding hydrogens is 262 g/mol. The predicted molar refractivity (Wildman–Crippen MR) is 82.9 cm³/mol.